The molecule has 0 bridgehead atoms. The number of benzene rings is 1. The molecule has 2 heterocycles. The van der Waals surface area contributed by atoms with Crippen molar-refractivity contribution in [3.63, 3.8) is 0 Å². The molecule has 6 nitrogen and oxygen atoms in total. The molecule has 0 aliphatic carbocycles. The number of nitrogens with two attached hydrogens (primary N) is 1. The number of halogens is 1. The van der Waals surface area contributed by atoms with E-state index in [0.717, 1.165) is 12.0 Å². The van der Waals surface area contributed by atoms with Crippen LogP contribution in [0.5, 0.6) is 0 Å². The number of aromatic nitrogens is 1. The van der Waals surface area contributed by atoms with Gasteiger partial charge in [0.2, 0.25) is 10.0 Å². The molecule has 0 amide bonds. The third-order valence-electron chi connectivity index (χ3n) is 4.06. The second kappa shape index (κ2) is 7.48. The molecule has 8 heteroatoms. The van der Waals surface area contributed by atoms with E-state index in [2.05, 4.69) is 4.98 Å². The molecule has 3 N–H and O–H groups in total. The Morgan fingerprint density at radius 1 is 1.21 bits per heavy atom. The van der Waals surface area contributed by atoms with Crippen LogP contribution in [0.25, 0.3) is 11.3 Å². The van der Waals surface area contributed by atoms with E-state index in [1.165, 1.54) is 4.31 Å². The lowest BCUT2D eigenvalue weighted by atomic mass is 10.1. The van der Waals surface area contributed by atoms with E-state index in [4.69, 9.17) is 5.73 Å². The quantitative estimate of drug-likeness (QED) is 0.857. The summed E-state index contributed by atoms with van der Waals surface area (Å²) in [6.07, 6.45) is 1.47. The summed E-state index contributed by atoms with van der Waals surface area (Å²) in [4.78, 5) is 4.45. The van der Waals surface area contributed by atoms with Crippen molar-refractivity contribution in [2.75, 3.05) is 18.9 Å². The molecule has 1 atom stereocenters. The molecule has 2 aromatic rings. The summed E-state index contributed by atoms with van der Waals surface area (Å²) in [5, 5.41) is 9.34. The van der Waals surface area contributed by atoms with E-state index in [0.29, 0.717) is 24.5 Å². The number of nitrogens with zero attached hydrogens (tertiary/aromatic N) is 2. The standard InChI is InChI=1S/C16H19N3O3S.ClH/c17-16-5-1-4-15(18-16)12-6-8-14(9-7-12)23(21,22)19-10-2-3-13(19)11-20;/h1,4-9,13,20H,2-3,10-11H2,(H2,17,18);1H/t13-;/m1./s1. The largest absolute Gasteiger partial charge is 0.395 e. The second-order valence-electron chi connectivity index (χ2n) is 5.57. The van der Waals surface area contributed by atoms with E-state index in [9.17, 15) is 13.5 Å². The molecule has 1 aliphatic rings. The van der Waals surface area contributed by atoms with Crippen molar-refractivity contribution in [3.05, 3.63) is 42.5 Å². The molecule has 0 saturated carbocycles. The summed E-state index contributed by atoms with van der Waals surface area (Å²) < 4.78 is 26.8. The van der Waals surface area contributed by atoms with Crippen LogP contribution in [0.4, 0.5) is 5.82 Å². The number of hydrogen-bond acceptors (Lipinski definition) is 5. The summed E-state index contributed by atoms with van der Waals surface area (Å²) in [5.74, 6) is 0.419. The van der Waals surface area contributed by atoms with Gasteiger partial charge in [-0.25, -0.2) is 13.4 Å². The molecule has 1 fully saturated rings. The van der Waals surface area contributed by atoms with Crippen LogP contribution in [-0.2, 0) is 10.0 Å². The number of anilines is 1. The fraction of sp³-hybridized carbons (Fsp3) is 0.312. The Kier molecular flexibility index (Phi) is 5.82. The molecule has 130 valence electrons. The summed E-state index contributed by atoms with van der Waals surface area (Å²) in [7, 11) is -3.58. The molecule has 1 aromatic carbocycles. The first-order valence-corrected chi connectivity index (χ1v) is 8.92. The van der Waals surface area contributed by atoms with Gasteiger partial charge in [0.1, 0.15) is 5.82 Å². The first-order chi connectivity index (χ1) is 11.0. The first-order valence-electron chi connectivity index (χ1n) is 7.48. The minimum absolute atomic E-state index is 0. The van der Waals surface area contributed by atoms with Crippen LogP contribution in [0.1, 0.15) is 12.8 Å². The van der Waals surface area contributed by atoms with Crippen molar-refractivity contribution in [1.82, 2.24) is 9.29 Å². The predicted octanol–water partition coefficient (Wildman–Crippen LogP) is 1.90. The van der Waals surface area contributed by atoms with Gasteiger partial charge in [0.05, 0.1) is 17.2 Å². The number of pyridine rings is 1. The van der Waals surface area contributed by atoms with Gasteiger partial charge in [0, 0.05) is 18.2 Å². The van der Waals surface area contributed by atoms with Crippen molar-refractivity contribution in [2.45, 2.75) is 23.8 Å². The van der Waals surface area contributed by atoms with E-state index < -0.39 is 10.0 Å². The molecule has 24 heavy (non-hydrogen) atoms. The van der Waals surface area contributed by atoms with Crippen molar-refractivity contribution in [1.29, 1.82) is 0 Å². The maximum atomic E-state index is 12.7. The van der Waals surface area contributed by atoms with Gasteiger partial charge < -0.3 is 10.8 Å². The van der Waals surface area contributed by atoms with Gasteiger partial charge >= 0.3 is 0 Å². The van der Waals surface area contributed by atoms with Gasteiger partial charge in [0.25, 0.3) is 0 Å². The van der Waals surface area contributed by atoms with Crippen LogP contribution in [-0.4, -0.2) is 42.0 Å². The second-order valence-corrected chi connectivity index (χ2v) is 7.46. The summed E-state index contributed by atoms with van der Waals surface area (Å²) >= 11 is 0. The van der Waals surface area contributed by atoms with Gasteiger partial charge in [-0.05, 0) is 37.1 Å². The lowest BCUT2D eigenvalue weighted by molar-refractivity contribution is 0.213. The van der Waals surface area contributed by atoms with E-state index in [-0.39, 0.29) is 30.0 Å². The monoisotopic (exact) mass is 369 g/mol. The minimum atomic E-state index is -3.58. The molecular weight excluding hydrogens is 350 g/mol. The van der Waals surface area contributed by atoms with Crippen molar-refractivity contribution < 1.29 is 13.5 Å². The fourth-order valence-electron chi connectivity index (χ4n) is 2.85. The van der Waals surface area contributed by atoms with Gasteiger partial charge in [0.15, 0.2) is 0 Å². The summed E-state index contributed by atoms with van der Waals surface area (Å²) in [5.41, 5.74) is 7.17. The number of hydrogen-bond donors (Lipinski definition) is 2. The molecule has 0 spiro atoms. The Labute approximate surface area is 147 Å². The Balaban J connectivity index is 0.00000208. The average molecular weight is 370 g/mol. The van der Waals surface area contributed by atoms with Crippen molar-refractivity contribution in [2.24, 2.45) is 0 Å². The van der Waals surface area contributed by atoms with E-state index in [1.54, 1.807) is 36.4 Å². The maximum absolute atomic E-state index is 12.7. The predicted molar refractivity (Wildman–Crippen MR) is 95.3 cm³/mol. The SMILES string of the molecule is Cl.Nc1cccc(-c2ccc(S(=O)(=O)N3CCC[C@@H]3CO)cc2)n1. The minimum Gasteiger partial charge on any atom is -0.395 e. The van der Waals surface area contributed by atoms with Crippen LogP contribution >= 0.6 is 12.4 Å². The maximum Gasteiger partial charge on any atom is 0.243 e. The number of rotatable bonds is 4. The zero-order valence-electron chi connectivity index (χ0n) is 13.0. The molecule has 0 radical (unpaired) electrons. The highest BCUT2D eigenvalue weighted by Gasteiger charge is 2.34. The van der Waals surface area contributed by atoms with Crippen LogP contribution in [0.3, 0.4) is 0 Å². The molecule has 1 aliphatic heterocycles. The number of sulfonamides is 1. The van der Waals surface area contributed by atoms with Crippen LogP contribution in [0, 0.1) is 0 Å². The third kappa shape index (κ3) is 3.54. The van der Waals surface area contributed by atoms with Crippen LogP contribution < -0.4 is 5.73 Å². The molecule has 3 rings (SSSR count). The Hall–Kier alpha value is -1.67. The first kappa shape index (κ1) is 18.7. The lowest BCUT2D eigenvalue weighted by Crippen LogP contribution is -2.37. The van der Waals surface area contributed by atoms with Gasteiger partial charge in [-0.2, -0.15) is 4.31 Å². The Bertz CT molecular complexity index is 796. The third-order valence-corrected chi connectivity index (χ3v) is 6.03. The topological polar surface area (TPSA) is 96.5 Å². The molecular formula is C16H20ClN3O3S. The molecule has 0 unspecified atom stereocenters. The van der Waals surface area contributed by atoms with E-state index >= 15 is 0 Å². The Morgan fingerprint density at radius 3 is 2.54 bits per heavy atom. The number of aliphatic hydroxyl groups excluding tert-OH is 1. The zero-order chi connectivity index (χ0) is 16.4. The lowest BCUT2D eigenvalue weighted by Gasteiger charge is -2.22. The highest BCUT2D eigenvalue weighted by atomic mass is 35.5. The van der Waals surface area contributed by atoms with Gasteiger partial charge in [-0.3, -0.25) is 0 Å². The normalized spacial score (nSPS) is 18.3. The molecule has 1 aromatic heterocycles. The van der Waals surface area contributed by atoms with Gasteiger partial charge in [-0.15, -0.1) is 12.4 Å². The summed E-state index contributed by atoms with van der Waals surface area (Å²) in [6, 6.07) is 11.6. The fourth-order valence-corrected chi connectivity index (χ4v) is 4.54. The average Bonchev–Trinajstić information content (AvgIpc) is 3.04. The zero-order valence-corrected chi connectivity index (χ0v) is 14.6. The van der Waals surface area contributed by atoms with E-state index in [1.807, 2.05) is 6.07 Å². The van der Waals surface area contributed by atoms with Crippen molar-refractivity contribution in [3.8, 4) is 11.3 Å². The summed E-state index contributed by atoms with van der Waals surface area (Å²) in [6.45, 7) is 0.302. The van der Waals surface area contributed by atoms with Crippen LogP contribution in [0.15, 0.2) is 47.4 Å². The highest BCUT2D eigenvalue weighted by Crippen LogP contribution is 2.27. The number of nitrogen functional groups attached to an aromatic ring is 1. The molecule has 1 saturated heterocycles. The Morgan fingerprint density at radius 2 is 1.92 bits per heavy atom. The number of aliphatic hydroxyl groups is 1. The van der Waals surface area contributed by atoms with Crippen molar-refractivity contribution >= 4 is 28.2 Å². The van der Waals surface area contributed by atoms with Gasteiger partial charge in [-0.1, -0.05) is 18.2 Å². The smallest absolute Gasteiger partial charge is 0.243 e. The van der Waals surface area contributed by atoms with Crippen LogP contribution in [0.2, 0.25) is 0 Å². The highest BCUT2D eigenvalue weighted by molar-refractivity contribution is 7.89.